The number of unbranched alkanes of at least 4 members (excludes halogenated alkanes) is 27. The number of aliphatic hydroxyl groups is 3. The summed E-state index contributed by atoms with van der Waals surface area (Å²) in [4.78, 5) is 51.7. The highest BCUT2D eigenvalue weighted by atomic mass is 16.4. The minimum absolute atomic E-state index is 0.115. The standard InChI is InChI=1S/C43H76O7/c1-3-5-7-9-11-13-15-17-18-19-20-22-24-26-28-30-32-34-38(45)43(50,42(49)39(46)35-36-40(42)47)41(48)37(44)33-31-29-27-25-23-21-16-14-12-10-8-6-4-2/h32,34,41,48-50H,3-31,33,35-36H2,1-2H3. The van der Waals surface area contributed by atoms with Crippen LogP contribution < -0.4 is 0 Å². The third kappa shape index (κ3) is 17.2. The van der Waals surface area contributed by atoms with Crippen molar-refractivity contribution in [1.82, 2.24) is 0 Å². The third-order valence-electron chi connectivity index (χ3n) is 10.8. The van der Waals surface area contributed by atoms with Crippen LogP contribution in [-0.2, 0) is 19.2 Å². The molecule has 1 aliphatic rings. The zero-order chi connectivity index (χ0) is 36.9. The van der Waals surface area contributed by atoms with Crippen LogP contribution in [0.5, 0.6) is 0 Å². The van der Waals surface area contributed by atoms with Gasteiger partial charge in [-0.3, -0.25) is 19.2 Å². The fourth-order valence-electron chi connectivity index (χ4n) is 7.32. The Morgan fingerprint density at radius 2 is 0.920 bits per heavy atom. The third-order valence-corrected chi connectivity index (χ3v) is 10.8. The van der Waals surface area contributed by atoms with Gasteiger partial charge in [0.2, 0.25) is 11.2 Å². The lowest BCUT2D eigenvalue weighted by molar-refractivity contribution is -0.200. The van der Waals surface area contributed by atoms with Crippen molar-refractivity contribution in [3.63, 3.8) is 0 Å². The lowest BCUT2D eigenvalue weighted by atomic mass is 9.71. The Hall–Kier alpha value is -1.70. The number of ketones is 4. The van der Waals surface area contributed by atoms with Gasteiger partial charge in [0.25, 0.3) is 0 Å². The van der Waals surface area contributed by atoms with Gasteiger partial charge in [-0.1, -0.05) is 187 Å². The van der Waals surface area contributed by atoms with E-state index in [-0.39, 0.29) is 19.3 Å². The first-order valence-corrected chi connectivity index (χ1v) is 21.1. The van der Waals surface area contributed by atoms with Gasteiger partial charge in [-0.25, -0.2) is 0 Å². The molecular formula is C43H76O7. The molecule has 0 spiro atoms. The normalized spacial score (nSPS) is 16.3. The lowest BCUT2D eigenvalue weighted by Gasteiger charge is -2.39. The van der Waals surface area contributed by atoms with E-state index in [0.717, 1.165) is 51.0 Å². The predicted octanol–water partition coefficient (Wildman–Crippen LogP) is 10.2. The highest BCUT2D eigenvalue weighted by Crippen LogP contribution is 2.37. The molecule has 0 aromatic carbocycles. The fraction of sp³-hybridized carbons (Fsp3) is 0.860. The predicted molar refractivity (Wildman–Crippen MR) is 204 cm³/mol. The summed E-state index contributed by atoms with van der Waals surface area (Å²) in [6.45, 7) is 4.48. The number of carbonyl (C=O) groups excluding carboxylic acids is 4. The van der Waals surface area contributed by atoms with E-state index in [1.165, 1.54) is 134 Å². The fourth-order valence-corrected chi connectivity index (χ4v) is 7.32. The molecule has 1 saturated carbocycles. The van der Waals surface area contributed by atoms with Crippen molar-refractivity contribution in [2.24, 2.45) is 0 Å². The van der Waals surface area contributed by atoms with Crippen molar-refractivity contribution in [3.05, 3.63) is 12.2 Å². The van der Waals surface area contributed by atoms with Crippen molar-refractivity contribution in [1.29, 1.82) is 0 Å². The number of hydrogen-bond acceptors (Lipinski definition) is 7. The highest BCUT2D eigenvalue weighted by molar-refractivity contribution is 6.23. The second kappa shape index (κ2) is 28.8. The molecule has 0 saturated heterocycles. The Bertz CT molecular complexity index is 941. The Labute approximate surface area is 305 Å². The number of allylic oxidation sites excluding steroid dienone is 1. The number of hydrogen-bond donors (Lipinski definition) is 3. The zero-order valence-electron chi connectivity index (χ0n) is 32.3. The number of carbonyl (C=O) groups is 4. The van der Waals surface area contributed by atoms with Gasteiger partial charge in [0.05, 0.1) is 0 Å². The molecule has 7 nitrogen and oxygen atoms in total. The van der Waals surface area contributed by atoms with Crippen LogP contribution in [0.3, 0.4) is 0 Å². The lowest BCUT2D eigenvalue weighted by Crippen LogP contribution is -2.71. The molecule has 2 unspecified atom stereocenters. The van der Waals surface area contributed by atoms with Crippen LogP contribution in [0.4, 0.5) is 0 Å². The van der Waals surface area contributed by atoms with E-state index >= 15 is 0 Å². The molecule has 0 aliphatic heterocycles. The Morgan fingerprint density at radius 3 is 1.28 bits per heavy atom. The van der Waals surface area contributed by atoms with Gasteiger partial charge in [0.1, 0.15) is 0 Å². The van der Waals surface area contributed by atoms with Crippen molar-refractivity contribution < 1.29 is 34.5 Å². The van der Waals surface area contributed by atoms with Crippen LogP contribution in [0.25, 0.3) is 0 Å². The van der Waals surface area contributed by atoms with Crippen LogP contribution in [0, 0.1) is 0 Å². The SMILES string of the molecule is CCCCCCCCCCCCCCCCCC=CC(=O)C(O)(C(O)C(=O)CCCCCCCCCCCCCCC)C1(O)C(=O)CCC1=O. The first-order valence-electron chi connectivity index (χ1n) is 21.1. The molecule has 0 radical (unpaired) electrons. The van der Waals surface area contributed by atoms with Crippen LogP contribution in [0.1, 0.15) is 219 Å². The van der Waals surface area contributed by atoms with Crippen molar-refractivity contribution >= 4 is 23.1 Å². The molecule has 50 heavy (non-hydrogen) atoms. The summed E-state index contributed by atoms with van der Waals surface area (Å²) < 4.78 is 0. The van der Waals surface area contributed by atoms with Gasteiger partial charge in [0, 0.05) is 19.3 Å². The second-order valence-corrected chi connectivity index (χ2v) is 15.2. The molecule has 1 rings (SSSR count). The minimum Gasteiger partial charge on any atom is -0.382 e. The van der Waals surface area contributed by atoms with Crippen LogP contribution in [0.2, 0.25) is 0 Å². The molecule has 2 atom stereocenters. The van der Waals surface area contributed by atoms with Crippen molar-refractivity contribution in [2.45, 2.75) is 237 Å². The van der Waals surface area contributed by atoms with Gasteiger partial charge >= 0.3 is 0 Å². The molecule has 1 aliphatic carbocycles. The largest absolute Gasteiger partial charge is 0.382 e. The van der Waals surface area contributed by atoms with Crippen LogP contribution >= 0.6 is 0 Å². The summed E-state index contributed by atoms with van der Waals surface area (Å²) >= 11 is 0. The maximum Gasteiger partial charge on any atom is 0.220 e. The molecule has 0 aromatic heterocycles. The molecule has 0 aromatic rings. The maximum atomic E-state index is 13.3. The molecule has 0 bridgehead atoms. The van der Waals surface area contributed by atoms with E-state index < -0.39 is 40.4 Å². The Balaban J connectivity index is 2.41. The average molecular weight is 705 g/mol. The second-order valence-electron chi connectivity index (χ2n) is 15.2. The molecule has 0 amide bonds. The summed E-state index contributed by atoms with van der Waals surface area (Å²) in [7, 11) is 0. The van der Waals surface area contributed by atoms with Crippen LogP contribution in [0.15, 0.2) is 12.2 Å². The van der Waals surface area contributed by atoms with Crippen LogP contribution in [-0.4, -0.2) is 55.8 Å². The smallest absolute Gasteiger partial charge is 0.220 e. The van der Waals surface area contributed by atoms with E-state index in [4.69, 9.17) is 0 Å². The van der Waals surface area contributed by atoms with E-state index in [9.17, 15) is 34.5 Å². The summed E-state index contributed by atoms with van der Waals surface area (Å²) in [5.74, 6) is -4.11. The van der Waals surface area contributed by atoms with Crippen molar-refractivity contribution in [2.75, 3.05) is 0 Å². The quantitative estimate of drug-likeness (QED) is 0.0340. The number of rotatable bonds is 35. The van der Waals surface area contributed by atoms with Gasteiger partial charge in [-0.15, -0.1) is 0 Å². The van der Waals surface area contributed by atoms with Gasteiger partial charge in [-0.05, 0) is 25.3 Å². The summed E-state index contributed by atoms with van der Waals surface area (Å²) in [6, 6.07) is 0. The topological polar surface area (TPSA) is 129 Å². The van der Waals surface area contributed by atoms with E-state index in [0.29, 0.717) is 12.8 Å². The van der Waals surface area contributed by atoms with E-state index in [2.05, 4.69) is 13.8 Å². The minimum atomic E-state index is -3.24. The van der Waals surface area contributed by atoms with E-state index in [1.807, 2.05) is 0 Å². The highest BCUT2D eigenvalue weighted by Gasteiger charge is 2.69. The maximum absolute atomic E-state index is 13.3. The molecule has 290 valence electrons. The summed E-state index contributed by atoms with van der Waals surface area (Å²) in [5.41, 5.74) is -6.37. The first kappa shape index (κ1) is 46.3. The van der Waals surface area contributed by atoms with Gasteiger partial charge in [0.15, 0.2) is 29.2 Å². The van der Waals surface area contributed by atoms with Gasteiger partial charge in [-0.2, -0.15) is 0 Å². The molecular weight excluding hydrogens is 628 g/mol. The van der Waals surface area contributed by atoms with E-state index in [1.54, 1.807) is 0 Å². The zero-order valence-corrected chi connectivity index (χ0v) is 32.3. The molecule has 3 N–H and O–H groups in total. The average Bonchev–Trinajstić information content (AvgIpc) is 3.38. The monoisotopic (exact) mass is 705 g/mol. The Morgan fingerprint density at radius 1 is 0.600 bits per heavy atom. The Kier molecular flexibility index (Phi) is 26.7. The summed E-state index contributed by atoms with van der Waals surface area (Å²) in [6.07, 6.45) is 33.2. The molecule has 1 fully saturated rings. The molecule has 0 heterocycles. The van der Waals surface area contributed by atoms with Gasteiger partial charge < -0.3 is 15.3 Å². The van der Waals surface area contributed by atoms with Crippen molar-refractivity contribution in [3.8, 4) is 0 Å². The number of Topliss-reactive ketones (excluding diaryl/α,β-unsaturated/α-hetero) is 3. The number of aliphatic hydroxyl groups excluding tert-OH is 1. The summed E-state index contributed by atoms with van der Waals surface area (Å²) in [5, 5.41) is 33.6. The molecule has 7 heteroatoms. The first-order chi connectivity index (χ1) is 24.2.